The minimum absolute atomic E-state index is 0.121. The third-order valence-electron chi connectivity index (χ3n) is 5.53. The number of fused-ring (bicyclic) bond motifs is 1. The lowest BCUT2D eigenvalue weighted by atomic mass is 9.88. The van der Waals surface area contributed by atoms with E-state index in [9.17, 15) is 18.0 Å². The van der Waals surface area contributed by atoms with Gasteiger partial charge in [-0.25, -0.2) is 4.79 Å². The van der Waals surface area contributed by atoms with Gasteiger partial charge in [-0.15, -0.1) is 0 Å². The number of carbonyl (C=O) groups excluding carboxylic acids is 1. The number of amides is 1. The van der Waals surface area contributed by atoms with E-state index in [-0.39, 0.29) is 18.1 Å². The van der Waals surface area contributed by atoms with Crippen LogP contribution in [0.1, 0.15) is 23.7 Å². The molecule has 3 atom stereocenters. The van der Waals surface area contributed by atoms with Gasteiger partial charge < -0.3 is 24.4 Å². The molecule has 2 saturated heterocycles. The van der Waals surface area contributed by atoms with Crippen LogP contribution in [0.4, 0.5) is 13.2 Å². The summed E-state index contributed by atoms with van der Waals surface area (Å²) in [6, 6.07) is 7.65. The van der Waals surface area contributed by atoms with Crippen LogP contribution in [-0.4, -0.2) is 85.5 Å². The number of rotatable bonds is 4. The highest BCUT2D eigenvalue weighted by atomic mass is 19.4. The van der Waals surface area contributed by atoms with Crippen LogP contribution in [-0.2, 0) is 9.53 Å². The van der Waals surface area contributed by atoms with Crippen molar-refractivity contribution in [1.29, 1.82) is 0 Å². The Kier molecular flexibility index (Phi) is 8.08. The summed E-state index contributed by atoms with van der Waals surface area (Å²) < 4.78 is 42.6. The van der Waals surface area contributed by atoms with Gasteiger partial charge in [0.2, 0.25) is 0 Å². The van der Waals surface area contributed by atoms with Crippen molar-refractivity contribution in [2.45, 2.75) is 31.7 Å². The Hall–Kier alpha value is -2.33. The molecule has 1 amide bonds. The molecule has 2 aliphatic heterocycles. The molecule has 0 spiro atoms. The van der Waals surface area contributed by atoms with Gasteiger partial charge in [0.05, 0.1) is 19.3 Å². The van der Waals surface area contributed by atoms with Gasteiger partial charge in [-0.3, -0.25) is 4.79 Å². The summed E-state index contributed by atoms with van der Waals surface area (Å²) in [5, 5.41) is 7.12. The lowest BCUT2D eigenvalue weighted by Gasteiger charge is -2.41. The Balaban J connectivity index is 0.000000396. The quantitative estimate of drug-likeness (QED) is 0.788. The molecule has 168 valence electrons. The van der Waals surface area contributed by atoms with E-state index in [2.05, 4.69) is 16.7 Å². The fourth-order valence-corrected chi connectivity index (χ4v) is 3.94. The Labute approximate surface area is 173 Å². The van der Waals surface area contributed by atoms with Gasteiger partial charge in [-0.2, -0.15) is 13.2 Å². The van der Waals surface area contributed by atoms with Crippen molar-refractivity contribution < 1.29 is 37.3 Å². The minimum atomic E-state index is -5.08. The lowest BCUT2D eigenvalue weighted by molar-refractivity contribution is -0.192. The molecule has 0 aliphatic carbocycles. The van der Waals surface area contributed by atoms with Crippen LogP contribution in [0, 0.1) is 5.92 Å². The zero-order chi connectivity index (χ0) is 22.5. The number of carboxylic acids is 1. The smallest absolute Gasteiger partial charge is 0.490 e. The molecule has 0 radical (unpaired) electrons. The Morgan fingerprint density at radius 1 is 1.17 bits per heavy atom. The SMILES string of the molecule is CCN1C[C@H]2[C@@H](C1)N(C(=O)c1ccc(OC)cc1)CC[C@H]2OC.O=C(O)C(F)(F)F. The van der Waals surface area contributed by atoms with Crippen molar-refractivity contribution in [3.8, 4) is 5.75 Å². The maximum atomic E-state index is 13.0. The van der Waals surface area contributed by atoms with E-state index in [1.165, 1.54) is 0 Å². The van der Waals surface area contributed by atoms with E-state index in [0.29, 0.717) is 5.92 Å². The van der Waals surface area contributed by atoms with Crippen LogP contribution in [0.15, 0.2) is 24.3 Å². The second-order valence-electron chi connectivity index (χ2n) is 7.18. The number of carbonyl (C=O) groups is 2. The predicted molar refractivity (Wildman–Crippen MR) is 103 cm³/mol. The number of nitrogens with zero attached hydrogens (tertiary/aromatic N) is 2. The van der Waals surface area contributed by atoms with Gasteiger partial charge in [0.15, 0.2) is 0 Å². The van der Waals surface area contributed by atoms with E-state index < -0.39 is 12.1 Å². The highest BCUT2D eigenvalue weighted by Crippen LogP contribution is 2.33. The van der Waals surface area contributed by atoms with Crippen molar-refractivity contribution in [2.24, 2.45) is 5.92 Å². The molecule has 0 saturated carbocycles. The van der Waals surface area contributed by atoms with Crippen molar-refractivity contribution in [2.75, 3.05) is 40.4 Å². The van der Waals surface area contributed by atoms with Gasteiger partial charge >= 0.3 is 12.1 Å². The van der Waals surface area contributed by atoms with Crippen LogP contribution in [0.5, 0.6) is 5.75 Å². The number of ether oxygens (including phenoxy) is 2. The predicted octanol–water partition coefficient (Wildman–Crippen LogP) is 2.51. The number of benzene rings is 1. The van der Waals surface area contributed by atoms with Crippen molar-refractivity contribution >= 4 is 11.9 Å². The number of alkyl halides is 3. The summed E-state index contributed by atoms with van der Waals surface area (Å²) in [6.07, 6.45) is -3.91. The molecule has 2 fully saturated rings. The van der Waals surface area contributed by atoms with Gasteiger partial charge in [0.25, 0.3) is 5.91 Å². The minimum Gasteiger partial charge on any atom is -0.497 e. The number of likely N-dealkylation sites (N-methyl/N-ethyl adjacent to an activating group) is 1. The van der Waals surface area contributed by atoms with Gasteiger partial charge in [0.1, 0.15) is 5.75 Å². The van der Waals surface area contributed by atoms with Gasteiger partial charge in [0, 0.05) is 38.2 Å². The fraction of sp³-hybridized carbons (Fsp3) is 0.600. The summed E-state index contributed by atoms with van der Waals surface area (Å²) >= 11 is 0. The molecule has 0 bridgehead atoms. The van der Waals surface area contributed by atoms with E-state index in [1.54, 1.807) is 14.2 Å². The van der Waals surface area contributed by atoms with Crippen molar-refractivity contribution in [3.05, 3.63) is 29.8 Å². The molecule has 10 heteroatoms. The largest absolute Gasteiger partial charge is 0.497 e. The molecule has 1 N–H and O–H groups in total. The van der Waals surface area contributed by atoms with Crippen molar-refractivity contribution in [3.63, 3.8) is 0 Å². The highest BCUT2D eigenvalue weighted by molar-refractivity contribution is 5.94. The van der Waals surface area contributed by atoms with Crippen molar-refractivity contribution in [1.82, 2.24) is 9.80 Å². The van der Waals surface area contributed by atoms with Crippen LogP contribution >= 0.6 is 0 Å². The zero-order valence-corrected chi connectivity index (χ0v) is 17.2. The molecule has 30 heavy (non-hydrogen) atoms. The molecule has 0 aromatic heterocycles. The standard InChI is InChI=1S/C18H26N2O3.C2HF3O2/c1-4-19-11-15-16(12-19)20(10-9-17(15)23-3)18(21)13-5-7-14(22-2)8-6-13;3-2(4,5)1(6)7/h5-8,15-17H,4,9-12H2,1-3H3;(H,6,7)/t15-,16+,17+;/m0./s1. The Morgan fingerprint density at radius 3 is 2.23 bits per heavy atom. The zero-order valence-electron chi connectivity index (χ0n) is 17.2. The summed E-state index contributed by atoms with van der Waals surface area (Å²) in [5.74, 6) is -1.45. The summed E-state index contributed by atoms with van der Waals surface area (Å²) in [5.41, 5.74) is 0.732. The first-order valence-electron chi connectivity index (χ1n) is 9.62. The summed E-state index contributed by atoms with van der Waals surface area (Å²) in [6.45, 7) is 5.93. The number of carboxylic acid groups (broad SMARTS) is 1. The van der Waals surface area contributed by atoms with E-state index in [1.807, 2.05) is 24.3 Å². The third-order valence-corrected chi connectivity index (χ3v) is 5.53. The average Bonchev–Trinajstić information content (AvgIpc) is 3.17. The van der Waals surface area contributed by atoms with E-state index in [0.717, 1.165) is 43.9 Å². The number of piperidine rings is 1. The summed E-state index contributed by atoms with van der Waals surface area (Å²) in [4.78, 5) is 26.3. The second kappa shape index (κ2) is 10.1. The number of hydrogen-bond donors (Lipinski definition) is 1. The normalized spacial score (nSPS) is 23.9. The van der Waals surface area contributed by atoms with Gasteiger partial charge in [-0.05, 0) is 37.2 Å². The molecule has 7 nitrogen and oxygen atoms in total. The van der Waals surface area contributed by atoms with E-state index >= 15 is 0 Å². The first-order valence-corrected chi connectivity index (χ1v) is 9.62. The molecule has 0 unspecified atom stereocenters. The molecular formula is C20H27F3N2O5. The Morgan fingerprint density at radius 2 is 1.77 bits per heavy atom. The first-order chi connectivity index (χ1) is 14.1. The van der Waals surface area contributed by atoms with E-state index in [4.69, 9.17) is 19.4 Å². The number of methoxy groups -OCH3 is 2. The number of likely N-dealkylation sites (tertiary alicyclic amines) is 2. The molecule has 3 rings (SSSR count). The van der Waals surface area contributed by atoms with Crippen LogP contribution in [0.3, 0.4) is 0 Å². The number of halogens is 3. The number of aliphatic carboxylic acids is 1. The maximum absolute atomic E-state index is 13.0. The second-order valence-corrected chi connectivity index (χ2v) is 7.18. The third kappa shape index (κ3) is 5.63. The molecule has 2 heterocycles. The summed E-state index contributed by atoms with van der Waals surface area (Å²) in [7, 11) is 3.42. The molecule has 1 aromatic rings. The van der Waals surface area contributed by atoms with Crippen LogP contribution in [0.2, 0.25) is 0 Å². The molecule has 1 aromatic carbocycles. The first kappa shape index (κ1) is 23.9. The molecule has 2 aliphatic rings. The van der Waals surface area contributed by atoms with Crippen LogP contribution < -0.4 is 4.74 Å². The lowest BCUT2D eigenvalue weighted by Crippen LogP contribution is -2.53. The van der Waals surface area contributed by atoms with Crippen LogP contribution in [0.25, 0.3) is 0 Å². The maximum Gasteiger partial charge on any atom is 0.490 e. The monoisotopic (exact) mass is 432 g/mol. The fourth-order valence-electron chi connectivity index (χ4n) is 3.94. The Bertz CT molecular complexity index is 726. The van der Waals surface area contributed by atoms with Gasteiger partial charge in [-0.1, -0.05) is 6.92 Å². The highest BCUT2D eigenvalue weighted by Gasteiger charge is 2.45. The number of hydrogen-bond acceptors (Lipinski definition) is 5. The average molecular weight is 432 g/mol. The molecular weight excluding hydrogens is 405 g/mol. The topological polar surface area (TPSA) is 79.3 Å².